The number of nitrogens with two attached hydrogens (primary N) is 1. The quantitative estimate of drug-likeness (QED) is 0.844. The molecule has 1 aromatic carbocycles. The van der Waals surface area contributed by atoms with Crippen molar-refractivity contribution in [3.63, 3.8) is 0 Å². The molecule has 0 radical (unpaired) electrons. The fourth-order valence-electron chi connectivity index (χ4n) is 2.88. The van der Waals surface area contributed by atoms with Crippen LogP contribution in [0.3, 0.4) is 0 Å². The fraction of sp³-hybridized carbons (Fsp3) is 0.588. The van der Waals surface area contributed by atoms with Gasteiger partial charge in [-0.25, -0.2) is 0 Å². The van der Waals surface area contributed by atoms with Crippen molar-refractivity contribution >= 4 is 11.6 Å². The molecule has 1 aromatic rings. The van der Waals surface area contributed by atoms with E-state index in [0.29, 0.717) is 12.5 Å². The molecule has 1 aliphatic heterocycles. The number of hydrogen-bond acceptors (Lipinski definition) is 3. The van der Waals surface area contributed by atoms with Gasteiger partial charge in [0.15, 0.2) is 0 Å². The standard InChI is InChI=1S/C17H27N3O/c1-3-4-14-5-7-16(8-6-14)19-17(21)12-20-10-9-15(11-20)13(2)18/h5-8,13,15H,3-4,9-12,18H2,1-2H3,(H,19,21). The lowest BCUT2D eigenvalue weighted by atomic mass is 10.0. The Morgan fingerprint density at radius 3 is 2.71 bits per heavy atom. The van der Waals surface area contributed by atoms with Gasteiger partial charge in [-0.05, 0) is 49.9 Å². The molecular weight excluding hydrogens is 262 g/mol. The SMILES string of the molecule is CCCc1ccc(NC(=O)CN2CCC(C(C)N)C2)cc1. The number of likely N-dealkylation sites (tertiary alicyclic amines) is 1. The van der Waals surface area contributed by atoms with Crippen molar-refractivity contribution in [3.05, 3.63) is 29.8 Å². The molecule has 116 valence electrons. The predicted octanol–water partition coefficient (Wildman–Crippen LogP) is 2.25. The number of rotatable bonds is 6. The van der Waals surface area contributed by atoms with Crippen LogP contribution in [0.15, 0.2) is 24.3 Å². The summed E-state index contributed by atoms with van der Waals surface area (Å²) in [5.41, 5.74) is 8.12. The van der Waals surface area contributed by atoms with Crippen LogP contribution >= 0.6 is 0 Å². The molecule has 0 aromatic heterocycles. The smallest absolute Gasteiger partial charge is 0.238 e. The molecule has 3 N–H and O–H groups in total. The van der Waals surface area contributed by atoms with Crippen molar-refractivity contribution < 1.29 is 4.79 Å². The summed E-state index contributed by atoms with van der Waals surface area (Å²) in [4.78, 5) is 14.3. The number of hydrogen-bond donors (Lipinski definition) is 2. The van der Waals surface area contributed by atoms with Crippen molar-refractivity contribution in [2.24, 2.45) is 11.7 Å². The molecule has 2 rings (SSSR count). The summed E-state index contributed by atoms with van der Waals surface area (Å²) in [7, 11) is 0. The molecule has 4 heteroatoms. The molecule has 1 aliphatic rings. The summed E-state index contributed by atoms with van der Waals surface area (Å²) < 4.78 is 0. The lowest BCUT2D eigenvalue weighted by Gasteiger charge is -2.17. The van der Waals surface area contributed by atoms with E-state index in [1.54, 1.807) is 0 Å². The Labute approximate surface area is 127 Å². The normalized spacial score (nSPS) is 20.4. The summed E-state index contributed by atoms with van der Waals surface area (Å²) in [6.45, 7) is 6.57. The van der Waals surface area contributed by atoms with Crippen molar-refractivity contribution in [2.75, 3.05) is 25.0 Å². The van der Waals surface area contributed by atoms with E-state index >= 15 is 0 Å². The Morgan fingerprint density at radius 1 is 1.43 bits per heavy atom. The van der Waals surface area contributed by atoms with E-state index in [1.165, 1.54) is 5.56 Å². The minimum absolute atomic E-state index is 0.0589. The van der Waals surface area contributed by atoms with Crippen LogP contribution in [0.5, 0.6) is 0 Å². The van der Waals surface area contributed by atoms with Crippen molar-refractivity contribution in [2.45, 2.75) is 39.2 Å². The van der Waals surface area contributed by atoms with Gasteiger partial charge >= 0.3 is 0 Å². The summed E-state index contributed by atoms with van der Waals surface area (Å²) in [5.74, 6) is 0.578. The molecule has 1 heterocycles. The number of nitrogens with zero attached hydrogens (tertiary/aromatic N) is 1. The van der Waals surface area contributed by atoms with E-state index in [2.05, 4.69) is 29.3 Å². The summed E-state index contributed by atoms with van der Waals surface area (Å²) in [5, 5.41) is 2.97. The summed E-state index contributed by atoms with van der Waals surface area (Å²) >= 11 is 0. The van der Waals surface area contributed by atoms with Crippen LogP contribution < -0.4 is 11.1 Å². The van der Waals surface area contributed by atoms with Gasteiger partial charge in [-0.3, -0.25) is 9.69 Å². The minimum atomic E-state index is 0.0589. The summed E-state index contributed by atoms with van der Waals surface area (Å²) in [6.07, 6.45) is 3.32. The third kappa shape index (κ3) is 4.83. The molecule has 0 saturated carbocycles. The zero-order valence-corrected chi connectivity index (χ0v) is 13.1. The average Bonchev–Trinajstić information content (AvgIpc) is 2.90. The Hall–Kier alpha value is -1.39. The lowest BCUT2D eigenvalue weighted by molar-refractivity contribution is -0.117. The Kier molecular flexibility index (Phi) is 5.76. The van der Waals surface area contributed by atoms with Crippen LogP contribution in [0.1, 0.15) is 32.3 Å². The molecule has 0 spiro atoms. The molecule has 4 nitrogen and oxygen atoms in total. The first kappa shape index (κ1) is 16.0. The van der Waals surface area contributed by atoms with Gasteiger partial charge in [0.2, 0.25) is 5.91 Å². The van der Waals surface area contributed by atoms with Crippen LogP contribution in [0.4, 0.5) is 5.69 Å². The molecule has 1 amide bonds. The molecule has 0 aliphatic carbocycles. The van der Waals surface area contributed by atoms with E-state index in [9.17, 15) is 4.79 Å². The van der Waals surface area contributed by atoms with Gasteiger partial charge in [0, 0.05) is 18.3 Å². The number of aryl methyl sites for hydroxylation is 1. The van der Waals surface area contributed by atoms with Gasteiger partial charge in [0.05, 0.1) is 6.54 Å². The van der Waals surface area contributed by atoms with Gasteiger partial charge in [0.25, 0.3) is 0 Å². The lowest BCUT2D eigenvalue weighted by Crippen LogP contribution is -2.34. The van der Waals surface area contributed by atoms with Crippen LogP contribution in [0.25, 0.3) is 0 Å². The number of benzene rings is 1. The Balaban J connectivity index is 1.79. The van der Waals surface area contributed by atoms with E-state index in [0.717, 1.165) is 38.0 Å². The number of nitrogens with one attached hydrogen (secondary N) is 1. The maximum absolute atomic E-state index is 12.1. The number of amides is 1. The van der Waals surface area contributed by atoms with E-state index in [1.807, 2.05) is 19.1 Å². The van der Waals surface area contributed by atoms with Gasteiger partial charge < -0.3 is 11.1 Å². The van der Waals surface area contributed by atoms with Crippen LogP contribution in [0.2, 0.25) is 0 Å². The largest absolute Gasteiger partial charge is 0.328 e. The first-order chi connectivity index (χ1) is 10.1. The molecule has 21 heavy (non-hydrogen) atoms. The van der Waals surface area contributed by atoms with E-state index in [-0.39, 0.29) is 11.9 Å². The van der Waals surface area contributed by atoms with Gasteiger partial charge in [-0.2, -0.15) is 0 Å². The average molecular weight is 289 g/mol. The van der Waals surface area contributed by atoms with Crippen LogP contribution in [0, 0.1) is 5.92 Å². The fourth-order valence-corrected chi connectivity index (χ4v) is 2.88. The van der Waals surface area contributed by atoms with Crippen LogP contribution in [-0.2, 0) is 11.2 Å². The van der Waals surface area contributed by atoms with Crippen molar-refractivity contribution in [1.82, 2.24) is 4.90 Å². The molecule has 2 atom stereocenters. The number of anilines is 1. The third-order valence-electron chi connectivity index (χ3n) is 4.20. The molecule has 0 bridgehead atoms. The van der Waals surface area contributed by atoms with Crippen molar-refractivity contribution in [3.8, 4) is 0 Å². The second-order valence-electron chi connectivity index (χ2n) is 6.14. The van der Waals surface area contributed by atoms with Gasteiger partial charge in [0.1, 0.15) is 0 Å². The highest BCUT2D eigenvalue weighted by Crippen LogP contribution is 2.18. The number of carbonyl (C=O) groups is 1. The predicted molar refractivity (Wildman–Crippen MR) is 87.3 cm³/mol. The Morgan fingerprint density at radius 2 is 2.14 bits per heavy atom. The maximum atomic E-state index is 12.1. The first-order valence-corrected chi connectivity index (χ1v) is 7.95. The summed E-state index contributed by atoms with van der Waals surface area (Å²) in [6, 6.07) is 8.35. The minimum Gasteiger partial charge on any atom is -0.328 e. The van der Waals surface area contributed by atoms with E-state index < -0.39 is 0 Å². The zero-order chi connectivity index (χ0) is 15.2. The van der Waals surface area contributed by atoms with Crippen LogP contribution in [-0.4, -0.2) is 36.5 Å². The highest BCUT2D eigenvalue weighted by Gasteiger charge is 2.26. The highest BCUT2D eigenvalue weighted by atomic mass is 16.2. The van der Waals surface area contributed by atoms with E-state index in [4.69, 9.17) is 5.73 Å². The Bertz CT molecular complexity index is 456. The monoisotopic (exact) mass is 289 g/mol. The second kappa shape index (κ2) is 7.57. The molecule has 1 saturated heterocycles. The molecule has 2 unspecified atom stereocenters. The molecular formula is C17H27N3O. The maximum Gasteiger partial charge on any atom is 0.238 e. The van der Waals surface area contributed by atoms with Crippen molar-refractivity contribution in [1.29, 1.82) is 0 Å². The second-order valence-corrected chi connectivity index (χ2v) is 6.14. The number of carbonyl (C=O) groups excluding carboxylic acids is 1. The molecule has 1 fully saturated rings. The van der Waals surface area contributed by atoms with Gasteiger partial charge in [-0.1, -0.05) is 25.5 Å². The third-order valence-corrected chi connectivity index (χ3v) is 4.20. The van der Waals surface area contributed by atoms with Gasteiger partial charge in [-0.15, -0.1) is 0 Å². The highest BCUT2D eigenvalue weighted by molar-refractivity contribution is 5.92. The topological polar surface area (TPSA) is 58.4 Å². The first-order valence-electron chi connectivity index (χ1n) is 7.95. The zero-order valence-electron chi connectivity index (χ0n) is 13.1.